The first kappa shape index (κ1) is 15.0. The maximum atomic E-state index is 11.9. The third kappa shape index (κ3) is 4.57. The van der Waals surface area contributed by atoms with Gasteiger partial charge >= 0.3 is 0 Å². The summed E-state index contributed by atoms with van der Waals surface area (Å²) in [5, 5.41) is 7.60. The molecule has 1 aromatic heterocycles. The first-order chi connectivity index (χ1) is 10.1. The molecule has 6 nitrogen and oxygen atoms in total. The van der Waals surface area contributed by atoms with Crippen molar-refractivity contribution in [2.45, 2.75) is 13.3 Å². The molecule has 0 saturated heterocycles. The second kappa shape index (κ2) is 6.85. The van der Waals surface area contributed by atoms with E-state index < -0.39 is 0 Å². The Balaban J connectivity index is 1.91. The van der Waals surface area contributed by atoms with Crippen LogP contribution in [0.3, 0.4) is 0 Å². The van der Waals surface area contributed by atoms with Crippen molar-refractivity contribution >= 4 is 34.0 Å². The number of carbonyl (C=O) groups is 2. The largest absolute Gasteiger partial charge is 0.497 e. The van der Waals surface area contributed by atoms with Crippen LogP contribution in [0.15, 0.2) is 29.6 Å². The molecule has 0 unspecified atom stereocenters. The molecule has 0 saturated carbocycles. The average Bonchev–Trinajstić information content (AvgIpc) is 2.85. The summed E-state index contributed by atoms with van der Waals surface area (Å²) in [6, 6.07) is 7.07. The summed E-state index contributed by atoms with van der Waals surface area (Å²) in [7, 11) is 1.59. The predicted molar refractivity (Wildman–Crippen MR) is 81.7 cm³/mol. The van der Waals surface area contributed by atoms with E-state index in [0.717, 1.165) is 5.75 Å². The van der Waals surface area contributed by atoms with E-state index in [1.165, 1.54) is 18.3 Å². The first-order valence-corrected chi connectivity index (χ1v) is 7.10. The van der Waals surface area contributed by atoms with Gasteiger partial charge in [0.2, 0.25) is 11.8 Å². The quantitative estimate of drug-likeness (QED) is 0.888. The number of ether oxygens (including phenoxy) is 1. The molecule has 21 heavy (non-hydrogen) atoms. The Bertz CT molecular complexity index is 637. The Hall–Kier alpha value is -2.41. The number of hydrogen-bond donors (Lipinski definition) is 2. The molecule has 2 N–H and O–H groups in total. The van der Waals surface area contributed by atoms with E-state index in [1.54, 1.807) is 36.8 Å². The first-order valence-electron chi connectivity index (χ1n) is 6.22. The zero-order valence-electron chi connectivity index (χ0n) is 11.7. The fourth-order valence-electron chi connectivity index (χ4n) is 1.64. The molecule has 0 atom stereocenters. The second-order valence-corrected chi connectivity index (χ2v) is 5.14. The van der Waals surface area contributed by atoms with Crippen LogP contribution in [0.1, 0.15) is 12.6 Å². The Labute approximate surface area is 126 Å². The van der Waals surface area contributed by atoms with E-state index in [4.69, 9.17) is 4.74 Å². The molecular formula is C14H15N3O3S. The molecular weight excluding hydrogens is 290 g/mol. The summed E-state index contributed by atoms with van der Waals surface area (Å²) in [6.45, 7) is 1.41. The minimum Gasteiger partial charge on any atom is -0.497 e. The lowest BCUT2D eigenvalue weighted by molar-refractivity contribution is -0.116. The molecule has 1 heterocycles. The lowest BCUT2D eigenvalue weighted by atomic mass is 10.2. The van der Waals surface area contributed by atoms with Crippen LogP contribution >= 0.6 is 11.3 Å². The van der Waals surface area contributed by atoms with Gasteiger partial charge in [-0.2, -0.15) is 0 Å². The lowest BCUT2D eigenvalue weighted by Gasteiger charge is -2.05. The molecule has 2 rings (SSSR count). The highest BCUT2D eigenvalue weighted by Crippen LogP contribution is 2.17. The van der Waals surface area contributed by atoms with Crippen molar-refractivity contribution in [2.75, 3.05) is 17.7 Å². The molecule has 2 aromatic rings. The maximum absolute atomic E-state index is 11.9. The molecule has 0 bridgehead atoms. The van der Waals surface area contributed by atoms with Crippen LogP contribution in [-0.2, 0) is 16.0 Å². The second-order valence-electron chi connectivity index (χ2n) is 4.28. The van der Waals surface area contributed by atoms with Crippen molar-refractivity contribution in [1.82, 2.24) is 4.98 Å². The summed E-state index contributed by atoms with van der Waals surface area (Å²) in [5.74, 6) is 0.380. The Kier molecular flexibility index (Phi) is 4.89. The van der Waals surface area contributed by atoms with Crippen molar-refractivity contribution in [3.8, 4) is 5.75 Å². The number of nitrogens with one attached hydrogen (secondary N) is 2. The summed E-state index contributed by atoms with van der Waals surface area (Å²) >= 11 is 1.29. The van der Waals surface area contributed by atoms with Crippen molar-refractivity contribution in [3.63, 3.8) is 0 Å². The number of methoxy groups -OCH3 is 1. The Morgan fingerprint density at radius 3 is 2.57 bits per heavy atom. The van der Waals surface area contributed by atoms with E-state index in [1.807, 2.05) is 0 Å². The van der Waals surface area contributed by atoms with Crippen molar-refractivity contribution in [1.29, 1.82) is 0 Å². The van der Waals surface area contributed by atoms with E-state index in [9.17, 15) is 9.59 Å². The van der Waals surface area contributed by atoms with Crippen LogP contribution in [-0.4, -0.2) is 23.9 Å². The van der Waals surface area contributed by atoms with E-state index >= 15 is 0 Å². The molecule has 1 aromatic carbocycles. The Morgan fingerprint density at radius 1 is 1.24 bits per heavy atom. The standard InChI is InChI=1S/C14H15N3O3S/c1-9(18)15-14-17-11(8-21-14)7-13(19)16-10-3-5-12(20-2)6-4-10/h3-6,8H,7H2,1-2H3,(H,16,19)(H,15,17,18). The van der Waals surface area contributed by atoms with Gasteiger partial charge in [-0.05, 0) is 24.3 Å². The topological polar surface area (TPSA) is 80.3 Å². The van der Waals surface area contributed by atoms with Gasteiger partial charge in [0.05, 0.1) is 19.2 Å². The Morgan fingerprint density at radius 2 is 1.95 bits per heavy atom. The van der Waals surface area contributed by atoms with Gasteiger partial charge in [-0.15, -0.1) is 11.3 Å². The number of hydrogen-bond acceptors (Lipinski definition) is 5. The zero-order chi connectivity index (χ0) is 15.2. The van der Waals surface area contributed by atoms with Gasteiger partial charge in [0.1, 0.15) is 5.75 Å². The number of rotatable bonds is 5. The third-order valence-corrected chi connectivity index (χ3v) is 3.36. The highest BCUT2D eigenvalue weighted by molar-refractivity contribution is 7.13. The van der Waals surface area contributed by atoms with Gasteiger partial charge in [-0.1, -0.05) is 0 Å². The molecule has 0 fully saturated rings. The monoisotopic (exact) mass is 305 g/mol. The molecule has 0 aliphatic heterocycles. The van der Waals surface area contributed by atoms with Crippen molar-refractivity contribution < 1.29 is 14.3 Å². The fourth-order valence-corrected chi connectivity index (χ4v) is 2.40. The van der Waals surface area contributed by atoms with Crippen LogP contribution in [0, 0.1) is 0 Å². The van der Waals surface area contributed by atoms with Crippen molar-refractivity contribution in [2.24, 2.45) is 0 Å². The number of amides is 2. The minimum absolute atomic E-state index is 0.155. The smallest absolute Gasteiger partial charge is 0.230 e. The fraction of sp³-hybridized carbons (Fsp3) is 0.214. The number of thiazole rings is 1. The van der Waals surface area contributed by atoms with Crippen LogP contribution in [0.2, 0.25) is 0 Å². The molecule has 110 valence electrons. The molecule has 0 radical (unpaired) electrons. The summed E-state index contributed by atoms with van der Waals surface area (Å²) in [6.07, 6.45) is 0.155. The highest BCUT2D eigenvalue weighted by Gasteiger charge is 2.09. The van der Waals surface area contributed by atoms with Gasteiger partial charge in [-0.3, -0.25) is 9.59 Å². The summed E-state index contributed by atoms with van der Waals surface area (Å²) < 4.78 is 5.05. The van der Waals surface area contributed by atoms with Crippen LogP contribution in [0.4, 0.5) is 10.8 Å². The minimum atomic E-state index is -0.182. The van der Waals surface area contributed by atoms with Gasteiger partial charge in [0, 0.05) is 18.0 Å². The van der Waals surface area contributed by atoms with Gasteiger partial charge in [0.25, 0.3) is 0 Å². The number of nitrogens with zero attached hydrogens (tertiary/aromatic N) is 1. The normalized spacial score (nSPS) is 10.0. The third-order valence-electron chi connectivity index (χ3n) is 2.55. The lowest BCUT2D eigenvalue weighted by Crippen LogP contribution is -2.14. The maximum Gasteiger partial charge on any atom is 0.230 e. The number of anilines is 2. The zero-order valence-corrected chi connectivity index (χ0v) is 12.5. The van der Waals surface area contributed by atoms with Crippen LogP contribution in [0.5, 0.6) is 5.75 Å². The van der Waals surface area contributed by atoms with E-state index in [-0.39, 0.29) is 18.2 Å². The van der Waals surface area contributed by atoms with Gasteiger partial charge in [-0.25, -0.2) is 4.98 Å². The summed E-state index contributed by atoms with van der Waals surface area (Å²) in [5.41, 5.74) is 1.31. The number of carbonyl (C=O) groups excluding carboxylic acids is 2. The molecule has 0 aliphatic carbocycles. The van der Waals surface area contributed by atoms with E-state index in [2.05, 4.69) is 15.6 Å². The van der Waals surface area contributed by atoms with Gasteiger partial charge in [0.15, 0.2) is 5.13 Å². The molecule has 2 amide bonds. The average molecular weight is 305 g/mol. The molecule has 0 aliphatic rings. The number of benzene rings is 1. The number of aromatic nitrogens is 1. The molecule has 0 spiro atoms. The van der Waals surface area contributed by atoms with Crippen LogP contribution in [0.25, 0.3) is 0 Å². The van der Waals surface area contributed by atoms with Gasteiger partial charge < -0.3 is 15.4 Å². The molecule has 7 heteroatoms. The van der Waals surface area contributed by atoms with E-state index in [0.29, 0.717) is 16.5 Å². The van der Waals surface area contributed by atoms with Crippen molar-refractivity contribution in [3.05, 3.63) is 35.3 Å². The highest BCUT2D eigenvalue weighted by atomic mass is 32.1. The SMILES string of the molecule is COc1ccc(NC(=O)Cc2csc(NC(C)=O)n2)cc1. The van der Waals surface area contributed by atoms with Crippen LogP contribution < -0.4 is 15.4 Å². The predicted octanol–water partition coefficient (Wildman–Crippen LogP) is 2.29. The summed E-state index contributed by atoms with van der Waals surface area (Å²) in [4.78, 5) is 27.0.